The van der Waals surface area contributed by atoms with Gasteiger partial charge in [-0.1, -0.05) is 36.4 Å². The van der Waals surface area contributed by atoms with Crippen molar-refractivity contribution in [1.29, 1.82) is 0 Å². The normalized spacial score (nSPS) is 11.0. The zero-order valence-corrected chi connectivity index (χ0v) is 12.9. The average molecular weight is 338 g/mol. The highest BCUT2D eigenvalue weighted by molar-refractivity contribution is 5.91. The van der Waals surface area contributed by atoms with Crippen molar-refractivity contribution in [1.82, 2.24) is 9.55 Å². The third-order valence-electron chi connectivity index (χ3n) is 3.49. The number of hydrogen-bond donors (Lipinski definition) is 4. The van der Waals surface area contributed by atoms with Crippen molar-refractivity contribution in [3.63, 3.8) is 0 Å². The van der Waals surface area contributed by atoms with Crippen molar-refractivity contribution >= 4 is 22.9 Å². The summed E-state index contributed by atoms with van der Waals surface area (Å²) in [5, 5.41) is 18.9. The number of guanidine groups is 1. The van der Waals surface area contributed by atoms with Gasteiger partial charge in [0.25, 0.3) is 5.56 Å². The fraction of sp³-hybridized carbons (Fsp3) is 0. The molecule has 0 atom stereocenters. The molecule has 0 spiro atoms. The molecule has 9 nitrogen and oxygen atoms in total. The van der Waals surface area contributed by atoms with Crippen LogP contribution >= 0.6 is 0 Å². The molecule has 3 aromatic rings. The third-order valence-corrected chi connectivity index (χ3v) is 3.49. The molecular formula is C16H14N6O3. The first kappa shape index (κ1) is 16.0. The summed E-state index contributed by atoms with van der Waals surface area (Å²) in [6.07, 6.45) is 0.967. The molecule has 0 saturated carbocycles. The fourth-order valence-corrected chi connectivity index (χ4v) is 2.43. The first-order valence-electron chi connectivity index (χ1n) is 7.17. The lowest BCUT2D eigenvalue weighted by atomic mass is 10.1. The predicted molar refractivity (Wildman–Crippen MR) is 95.2 cm³/mol. The Hall–Kier alpha value is -3.88. The van der Waals surface area contributed by atoms with E-state index >= 15 is 0 Å². The Balaban J connectivity index is 2.30. The van der Waals surface area contributed by atoms with E-state index in [9.17, 15) is 14.7 Å². The van der Waals surface area contributed by atoms with Gasteiger partial charge in [-0.3, -0.25) is 9.78 Å². The van der Waals surface area contributed by atoms with Crippen molar-refractivity contribution in [3.05, 3.63) is 68.9 Å². The SMILES string of the molecule is NC(N)=N/N=C/c1c(O)n(-c2cccc3ccccc23)c(=O)[nH]c1=O. The Morgan fingerprint density at radius 2 is 1.84 bits per heavy atom. The van der Waals surface area contributed by atoms with Crippen molar-refractivity contribution < 1.29 is 5.11 Å². The molecule has 126 valence electrons. The molecule has 0 saturated heterocycles. The number of hydrogen-bond acceptors (Lipinski definition) is 5. The monoisotopic (exact) mass is 338 g/mol. The maximum Gasteiger partial charge on any atom is 0.335 e. The van der Waals surface area contributed by atoms with Gasteiger partial charge in [0.1, 0.15) is 5.56 Å². The van der Waals surface area contributed by atoms with Crippen LogP contribution in [-0.4, -0.2) is 26.8 Å². The lowest BCUT2D eigenvalue weighted by Crippen LogP contribution is -2.31. The molecule has 3 rings (SSSR count). The third kappa shape index (κ3) is 2.98. The Bertz CT molecular complexity index is 1120. The van der Waals surface area contributed by atoms with Gasteiger partial charge >= 0.3 is 5.69 Å². The van der Waals surface area contributed by atoms with Crippen molar-refractivity contribution in [3.8, 4) is 11.6 Å². The van der Waals surface area contributed by atoms with Gasteiger partial charge < -0.3 is 16.6 Å². The molecule has 25 heavy (non-hydrogen) atoms. The van der Waals surface area contributed by atoms with E-state index in [0.29, 0.717) is 5.69 Å². The number of nitrogens with zero attached hydrogens (tertiary/aromatic N) is 3. The molecule has 1 heterocycles. The van der Waals surface area contributed by atoms with E-state index in [1.807, 2.05) is 18.2 Å². The van der Waals surface area contributed by atoms with Crippen LogP contribution in [0.15, 0.2) is 62.3 Å². The zero-order valence-electron chi connectivity index (χ0n) is 12.9. The Labute approximate surface area is 140 Å². The largest absolute Gasteiger partial charge is 0.493 e. The van der Waals surface area contributed by atoms with Crippen LogP contribution in [0.4, 0.5) is 0 Å². The summed E-state index contributed by atoms with van der Waals surface area (Å²) in [5.74, 6) is -0.880. The molecule has 0 aliphatic rings. The van der Waals surface area contributed by atoms with Gasteiger partial charge in [0.2, 0.25) is 11.8 Å². The number of benzene rings is 2. The van der Waals surface area contributed by atoms with Gasteiger partial charge in [0, 0.05) is 5.39 Å². The van der Waals surface area contributed by atoms with Crippen LogP contribution in [0.25, 0.3) is 16.5 Å². The van der Waals surface area contributed by atoms with Gasteiger partial charge in [-0.05, 0) is 11.5 Å². The van der Waals surface area contributed by atoms with Gasteiger partial charge in [0.05, 0.1) is 11.9 Å². The predicted octanol–water partition coefficient (Wildman–Crippen LogP) is -0.00810. The molecule has 9 heteroatoms. The highest BCUT2D eigenvalue weighted by Crippen LogP contribution is 2.24. The molecule has 0 unspecified atom stereocenters. The Kier molecular flexibility index (Phi) is 4.04. The van der Waals surface area contributed by atoms with E-state index in [0.717, 1.165) is 21.6 Å². The molecule has 6 N–H and O–H groups in total. The second-order valence-electron chi connectivity index (χ2n) is 5.10. The molecule has 0 fully saturated rings. The quantitative estimate of drug-likeness (QED) is 0.301. The summed E-state index contributed by atoms with van der Waals surface area (Å²) >= 11 is 0. The van der Waals surface area contributed by atoms with Crippen molar-refractivity contribution in [2.75, 3.05) is 0 Å². The maximum atomic E-state index is 12.3. The lowest BCUT2D eigenvalue weighted by Gasteiger charge is -2.12. The number of aromatic amines is 1. The van der Waals surface area contributed by atoms with Crippen LogP contribution in [0.3, 0.4) is 0 Å². The molecule has 1 aromatic heterocycles. The van der Waals surface area contributed by atoms with Crippen LogP contribution in [-0.2, 0) is 0 Å². The van der Waals surface area contributed by atoms with Crippen LogP contribution in [0.5, 0.6) is 5.88 Å². The molecule has 0 bridgehead atoms. The minimum absolute atomic E-state index is 0.252. The molecular weight excluding hydrogens is 324 g/mol. The van der Waals surface area contributed by atoms with Crippen LogP contribution in [0.1, 0.15) is 5.56 Å². The van der Waals surface area contributed by atoms with Crippen LogP contribution in [0, 0.1) is 0 Å². The van der Waals surface area contributed by atoms with E-state index in [4.69, 9.17) is 11.5 Å². The van der Waals surface area contributed by atoms with E-state index in [-0.39, 0.29) is 11.5 Å². The van der Waals surface area contributed by atoms with E-state index in [1.165, 1.54) is 0 Å². The van der Waals surface area contributed by atoms with E-state index in [1.54, 1.807) is 24.3 Å². The smallest absolute Gasteiger partial charge is 0.335 e. The maximum absolute atomic E-state index is 12.3. The molecule has 0 aliphatic carbocycles. The summed E-state index contributed by atoms with van der Waals surface area (Å²) in [6.45, 7) is 0. The van der Waals surface area contributed by atoms with Gasteiger partial charge in [-0.2, -0.15) is 5.10 Å². The summed E-state index contributed by atoms with van der Waals surface area (Å²) in [5.41, 5.74) is 8.87. The van der Waals surface area contributed by atoms with E-state index < -0.39 is 17.1 Å². The second kappa shape index (κ2) is 6.32. The number of H-pyrrole nitrogens is 1. The number of rotatable bonds is 3. The molecule has 0 aliphatic heterocycles. The summed E-state index contributed by atoms with van der Waals surface area (Å²) in [6, 6.07) is 12.6. The average Bonchev–Trinajstić information content (AvgIpc) is 2.57. The summed E-state index contributed by atoms with van der Waals surface area (Å²) in [7, 11) is 0. The minimum atomic E-state index is -0.812. The number of fused-ring (bicyclic) bond motifs is 1. The van der Waals surface area contributed by atoms with Crippen LogP contribution < -0.4 is 22.7 Å². The van der Waals surface area contributed by atoms with E-state index in [2.05, 4.69) is 15.2 Å². The number of aromatic hydroxyl groups is 1. The standard InChI is InChI=1S/C16H14N6O3/c17-15(18)21-19-8-11-13(23)20-16(25)22(14(11)24)12-7-3-5-9-4-1-2-6-10(9)12/h1-8,24H,(H4,17,18,21)(H,20,23,25)/b19-8+. The minimum Gasteiger partial charge on any atom is -0.493 e. The number of nitrogens with one attached hydrogen (secondary N) is 1. The van der Waals surface area contributed by atoms with Gasteiger partial charge in [0.15, 0.2) is 0 Å². The highest BCUT2D eigenvalue weighted by atomic mass is 16.3. The number of nitrogens with two attached hydrogens (primary N) is 2. The second-order valence-corrected chi connectivity index (χ2v) is 5.10. The Morgan fingerprint density at radius 1 is 1.12 bits per heavy atom. The molecule has 2 aromatic carbocycles. The van der Waals surface area contributed by atoms with Crippen molar-refractivity contribution in [2.45, 2.75) is 0 Å². The van der Waals surface area contributed by atoms with Crippen LogP contribution in [0.2, 0.25) is 0 Å². The molecule has 0 amide bonds. The molecule has 0 radical (unpaired) electrons. The summed E-state index contributed by atoms with van der Waals surface area (Å²) < 4.78 is 0.987. The topological polar surface area (TPSA) is 152 Å². The lowest BCUT2D eigenvalue weighted by molar-refractivity contribution is 0.430. The highest BCUT2D eigenvalue weighted by Gasteiger charge is 2.15. The first-order chi connectivity index (χ1) is 12.0. The summed E-state index contributed by atoms with van der Waals surface area (Å²) in [4.78, 5) is 26.4. The fourth-order valence-electron chi connectivity index (χ4n) is 2.43. The van der Waals surface area contributed by atoms with Gasteiger partial charge in [-0.25, -0.2) is 9.36 Å². The Morgan fingerprint density at radius 3 is 2.60 bits per heavy atom. The number of aromatic nitrogens is 2. The van der Waals surface area contributed by atoms with Crippen molar-refractivity contribution in [2.24, 2.45) is 21.7 Å². The van der Waals surface area contributed by atoms with Gasteiger partial charge in [-0.15, -0.1) is 5.10 Å². The first-order valence-corrected chi connectivity index (χ1v) is 7.17. The zero-order chi connectivity index (χ0) is 18.0.